The first-order valence-electron chi connectivity index (χ1n) is 9.89. The second-order valence-corrected chi connectivity index (χ2v) is 7.41. The van der Waals surface area contributed by atoms with E-state index >= 15 is 0 Å². The summed E-state index contributed by atoms with van der Waals surface area (Å²) in [5.41, 5.74) is 4.13. The molecule has 5 rings (SSSR count). The average molecular weight is 403 g/mol. The monoisotopic (exact) mass is 403 g/mol. The van der Waals surface area contributed by atoms with Crippen molar-refractivity contribution >= 4 is 17.0 Å². The number of benzene rings is 3. The molecule has 3 aromatic carbocycles. The lowest BCUT2D eigenvalue weighted by Crippen LogP contribution is -2.27. The van der Waals surface area contributed by atoms with Gasteiger partial charge in [0.05, 0.1) is 37.3 Å². The summed E-state index contributed by atoms with van der Waals surface area (Å²) in [5.74, 6) is 1.95. The van der Waals surface area contributed by atoms with Crippen molar-refractivity contribution in [2.24, 2.45) is 0 Å². The van der Waals surface area contributed by atoms with Crippen molar-refractivity contribution in [3.05, 3.63) is 83.7 Å². The van der Waals surface area contributed by atoms with Crippen LogP contribution in [0.2, 0.25) is 0 Å². The summed E-state index contributed by atoms with van der Waals surface area (Å²) in [4.78, 5) is 4.82. The minimum Gasteiger partial charge on any atom is -0.493 e. The summed E-state index contributed by atoms with van der Waals surface area (Å²) in [6.45, 7) is 0. The van der Waals surface area contributed by atoms with Crippen molar-refractivity contribution in [3.63, 3.8) is 0 Å². The smallest absolute Gasteiger partial charge is 0.204 e. The van der Waals surface area contributed by atoms with Crippen molar-refractivity contribution in [3.8, 4) is 11.5 Å². The number of nitrogens with zero attached hydrogens (tertiary/aromatic N) is 2. The molecule has 1 N–H and O–H groups in total. The van der Waals surface area contributed by atoms with Gasteiger partial charge in [0.25, 0.3) is 0 Å². The van der Waals surface area contributed by atoms with E-state index in [0.29, 0.717) is 11.5 Å². The zero-order chi connectivity index (χ0) is 20.7. The first-order chi connectivity index (χ1) is 14.7. The molecule has 4 aromatic rings. The zero-order valence-electron chi connectivity index (χ0n) is 16.8. The fraction of sp³-hybridized carbons (Fsp3) is 0.208. The predicted octanol–water partition coefficient (Wildman–Crippen LogP) is 5.34. The van der Waals surface area contributed by atoms with Crippen LogP contribution in [0.25, 0.3) is 11.0 Å². The summed E-state index contributed by atoms with van der Waals surface area (Å²) < 4.78 is 26.7. The summed E-state index contributed by atoms with van der Waals surface area (Å²) >= 11 is 0. The molecule has 0 spiro atoms. The van der Waals surface area contributed by atoms with Gasteiger partial charge < -0.3 is 19.4 Å². The van der Waals surface area contributed by atoms with E-state index in [0.717, 1.165) is 34.5 Å². The second kappa shape index (κ2) is 7.37. The largest absolute Gasteiger partial charge is 0.493 e. The Bertz CT molecular complexity index is 1200. The molecule has 0 saturated heterocycles. The van der Waals surface area contributed by atoms with Gasteiger partial charge in [-0.1, -0.05) is 30.3 Å². The van der Waals surface area contributed by atoms with Gasteiger partial charge in [-0.25, -0.2) is 9.37 Å². The van der Waals surface area contributed by atoms with E-state index in [4.69, 9.17) is 14.5 Å². The number of methoxy groups -OCH3 is 2. The van der Waals surface area contributed by atoms with E-state index < -0.39 is 0 Å². The molecule has 0 radical (unpaired) electrons. The summed E-state index contributed by atoms with van der Waals surface area (Å²) in [5, 5.41) is 3.55. The summed E-state index contributed by atoms with van der Waals surface area (Å²) in [6, 6.07) is 20.8. The van der Waals surface area contributed by atoms with Gasteiger partial charge in [-0.15, -0.1) is 0 Å². The molecular weight excluding hydrogens is 381 g/mol. The predicted molar refractivity (Wildman–Crippen MR) is 115 cm³/mol. The highest BCUT2D eigenvalue weighted by atomic mass is 19.1. The van der Waals surface area contributed by atoms with Gasteiger partial charge in [-0.2, -0.15) is 0 Å². The maximum atomic E-state index is 13.5. The highest BCUT2D eigenvalue weighted by molar-refractivity contribution is 5.79. The molecule has 152 valence electrons. The topological polar surface area (TPSA) is 48.3 Å². The van der Waals surface area contributed by atoms with Gasteiger partial charge in [0.15, 0.2) is 11.5 Å². The molecule has 6 heteroatoms. The number of para-hydroxylation sites is 2. The lowest BCUT2D eigenvalue weighted by Gasteiger charge is -2.33. The average Bonchev–Trinajstić information content (AvgIpc) is 3.17. The SMILES string of the molecule is COc1ccc([C@H]2C[C@H](c3ccc(F)cc3)Nc3nc4ccccc4n32)cc1OC. The van der Waals surface area contributed by atoms with Gasteiger partial charge in [-0.3, -0.25) is 0 Å². The quantitative estimate of drug-likeness (QED) is 0.500. The van der Waals surface area contributed by atoms with E-state index in [1.807, 2.05) is 42.5 Å². The maximum absolute atomic E-state index is 13.5. The lowest BCUT2D eigenvalue weighted by atomic mass is 9.92. The summed E-state index contributed by atoms with van der Waals surface area (Å²) in [7, 11) is 3.28. The van der Waals surface area contributed by atoms with E-state index in [1.165, 1.54) is 12.1 Å². The zero-order valence-corrected chi connectivity index (χ0v) is 16.8. The van der Waals surface area contributed by atoms with Gasteiger partial charge in [0.1, 0.15) is 5.82 Å². The maximum Gasteiger partial charge on any atom is 0.204 e. The molecule has 5 nitrogen and oxygen atoms in total. The highest BCUT2D eigenvalue weighted by Gasteiger charge is 2.31. The van der Waals surface area contributed by atoms with Crippen LogP contribution in [0.15, 0.2) is 66.7 Å². The first-order valence-corrected chi connectivity index (χ1v) is 9.89. The third kappa shape index (κ3) is 3.05. The highest BCUT2D eigenvalue weighted by Crippen LogP contribution is 2.42. The molecule has 30 heavy (non-hydrogen) atoms. The van der Waals surface area contributed by atoms with Crippen molar-refractivity contribution < 1.29 is 13.9 Å². The number of fused-ring (bicyclic) bond motifs is 3. The Labute approximate surface area is 174 Å². The van der Waals surface area contributed by atoms with Crippen LogP contribution in [0.5, 0.6) is 11.5 Å². The number of rotatable bonds is 4. The Morgan fingerprint density at radius 3 is 2.43 bits per heavy atom. The van der Waals surface area contributed by atoms with E-state index in [2.05, 4.69) is 22.0 Å². The molecular formula is C24H22FN3O2. The van der Waals surface area contributed by atoms with Crippen LogP contribution < -0.4 is 14.8 Å². The molecule has 1 aliphatic heterocycles. The Morgan fingerprint density at radius 1 is 0.933 bits per heavy atom. The number of aromatic nitrogens is 2. The third-order valence-corrected chi connectivity index (χ3v) is 5.73. The van der Waals surface area contributed by atoms with E-state index in [1.54, 1.807) is 14.2 Å². The summed E-state index contributed by atoms with van der Waals surface area (Å²) in [6.07, 6.45) is 0.786. The van der Waals surface area contributed by atoms with Crippen LogP contribution in [0.3, 0.4) is 0 Å². The van der Waals surface area contributed by atoms with E-state index in [-0.39, 0.29) is 17.9 Å². The van der Waals surface area contributed by atoms with Crippen LogP contribution in [0.4, 0.5) is 10.3 Å². The Balaban J connectivity index is 1.65. The Hall–Kier alpha value is -3.54. The molecule has 2 heterocycles. The van der Waals surface area contributed by atoms with Crippen LogP contribution in [0.1, 0.15) is 29.6 Å². The second-order valence-electron chi connectivity index (χ2n) is 7.41. The van der Waals surface area contributed by atoms with Crippen LogP contribution in [0, 0.1) is 5.82 Å². The molecule has 0 saturated carbocycles. The lowest BCUT2D eigenvalue weighted by molar-refractivity contribution is 0.353. The Morgan fingerprint density at radius 2 is 1.67 bits per heavy atom. The normalized spacial score (nSPS) is 18.0. The third-order valence-electron chi connectivity index (χ3n) is 5.73. The standard InChI is InChI=1S/C24H22FN3O2/c1-29-22-12-9-16(13-23(22)30-2)21-14-19(15-7-10-17(25)11-8-15)27-24-26-18-5-3-4-6-20(18)28(21)24/h3-13,19,21H,14H2,1-2H3,(H,26,27)/t19-,21-/m1/s1. The molecule has 1 aromatic heterocycles. The minimum absolute atomic E-state index is 0.00742. The Kier molecular flexibility index (Phi) is 4.54. The molecule has 0 aliphatic carbocycles. The first kappa shape index (κ1) is 18.5. The van der Waals surface area contributed by atoms with Crippen LogP contribution in [-0.4, -0.2) is 23.8 Å². The molecule has 0 fully saturated rings. The number of nitrogens with one attached hydrogen (secondary N) is 1. The number of anilines is 1. The molecule has 0 amide bonds. The van der Waals surface area contributed by atoms with Crippen molar-refractivity contribution in [2.45, 2.75) is 18.5 Å². The van der Waals surface area contributed by atoms with Crippen LogP contribution >= 0.6 is 0 Å². The van der Waals surface area contributed by atoms with Gasteiger partial charge in [0, 0.05) is 0 Å². The number of hydrogen-bond acceptors (Lipinski definition) is 4. The molecule has 2 atom stereocenters. The van der Waals surface area contributed by atoms with Crippen molar-refractivity contribution in [2.75, 3.05) is 19.5 Å². The van der Waals surface area contributed by atoms with Gasteiger partial charge in [0.2, 0.25) is 5.95 Å². The number of hydrogen-bond donors (Lipinski definition) is 1. The fourth-order valence-electron chi connectivity index (χ4n) is 4.26. The van der Waals surface area contributed by atoms with Crippen molar-refractivity contribution in [1.82, 2.24) is 9.55 Å². The number of ether oxygens (including phenoxy) is 2. The molecule has 1 aliphatic rings. The van der Waals surface area contributed by atoms with Crippen molar-refractivity contribution in [1.29, 1.82) is 0 Å². The van der Waals surface area contributed by atoms with Crippen LogP contribution in [-0.2, 0) is 0 Å². The van der Waals surface area contributed by atoms with Gasteiger partial charge in [-0.05, 0) is 53.9 Å². The van der Waals surface area contributed by atoms with E-state index in [9.17, 15) is 4.39 Å². The molecule has 0 bridgehead atoms. The van der Waals surface area contributed by atoms with Gasteiger partial charge >= 0.3 is 0 Å². The minimum atomic E-state index is -0.238. The number of imidazole rings is 1. The fourth-order valence-corrected chi connectivity index (χ4v) is 4.26. The number of halogens is 1. The molecule has 0 unspecified atom stereocenters.